The fourth-order valence-corrected chi connectivity index (χ4v) is 2.34. The van der Waals surface area contributed by atoms with Crippen LogP contribution >= 0.6 is 15.9 Å². The van der Waals surface area contributed by atoms with E-state index in [9.17, 15) is 0 Å². The molecule has 0 fully saturated rings. The fraction of sp³-hybridized carbons (Fsp3) is 0.238. The first-order chi connectivity index (χ1) is 11.7. The second-order valence-electron chi connectivity index (χ2n) is 5.31. The van der Waals surface area contributed by atoms with Gasteiger partial charge in [-0.15, -0.1) is 6.58 Å². The molecule has 0 aliphatic heterocycles. The standard InChI is InChI=1S/C21H21BrO2/c1-3-17(4-5-18-6-10-20(22)11-7-18)14-15-24-16-19-8-12-21(23-2)13-9-19/h3,6-13,17H,1,14-16H2,2H3/t17-/m1/s1. The molecule has 124 valence electrons. The molecule has 0 saturated heterocycles. The summed E-state index contributed by atoms with van der Waals surface area (Å²) in [6.07, 6.45) is 2.71. The highest BCUT2D eigenvalue weighted by molar-refractivity contribution is 9.10. The minimum absolute atomic E-state index is 0.129. The molecule has 0 aromatic heterocycles. The lowest BCUT2D eigenvalue weighted by atomic mass is 10.1. The molecule has 2 rings (SSSR count). The number of methoxy groups -OCH3 is 1. The van der Waals surface area contributed by atoms with Gasteiger partial charge in [0.2, 0.25) is 0 Å². The van der Waals surface area contributed by atoms with Crippen molar-refractivity contribution in [1.29, 1.82) is 0 Å². The van der Waals surface area contributed by atoms with Gasteiger partial charge in [-0.1, -0.05) is 46.0 Å². The minimum Gasteiger partial charge on any atom is -0.497 e. The van der Waals surface area contributed by atoms with Crippen LogP contribution in [0.5, 0.6) is 5.75 Å². The van der Waals surface area contributed by atoms with Crippen molar-refractivity contribution < 1.29 is 9.47 Å². The molecule has 0 amide bonds. The number of allylic oxidation sites excluding steroid dienone is 1. The van der Waals surface area contributed by atoms with Gasteiger partial charge in [-0.05, 0) is 48.4 Å². The quantitative estimate of drug-likeness (QED) is 0.370. The molecule has 24 heavy (non-hydrogen) atoms. The average Bonchev–Trinajstić information content (AvgIpc) is 2.63. The first-order valence-corrected chi connectivity index (χ1v) is 8.61. The van der Waals surface area contributed by atoms with Gasteiger partial charge in [0.25, 0.3) is 0 Å². The molecule has 0 spiro atoms. The highest BCUT2D eigenvalue weighted by Gasteiger charge is 2.01. The first kappa shape index (κ1) is 18.3. The highest BCUT2D eigenvalue weighted by atomic mass is 79.9. The maximum Gasteiger partial charge on any atom is 0.118 e. The molecule has 0 aliphatic carbocycles. The van der Waals surface area contributed by atoms with Crippen LogP contribution in [0.15, 0.2) is 65.7 Å². The van der Waals surface area contributed by atoms with Crippen molar-refractivity contribution in [3.8, 4) is 17.6 Å². The van der Waals surface area contributed by atoms with Gasteiger partial charge >= 0.3 is 0 Å². The third-order valence-electron chi connectivity index (χ3n) is 3.53. The summed E-state index contributed by atoms with van der Waals surface area (Å²) < 4.78 is 11.9. The topological polar surface area (TPSA) is 18.5 Å². The van der Waals surface area contributed by atoms with Crippen molar-refractivity contribution in [1.82, 2.24) is 0 Å². The van der Waals surface area contributed by atoms with Crippen molar-refractivity contribution in [3.05, 3.63) is 76.8 Å². The molecule has 2 aromatic carbocycles. The Bertz CT molecular complexity index is 693. The molecule has 0 radical (unpaired) electrons. The van der Waals surface area contributed by atoms with Crippen LogP contribution < -0.4 is 4.74 Å². The largest absolute Gasteiger partial charge is 0.497 e. The number of hydrogen-bond donors (Lipinski definition) is 0. The summed E-state index contributed by atoms with van der Waals surface area (Å²) in [5, 5.41) is 0. The zero-order valence-corrected chi connectivity index (χ0v) is 15.4. The zero-order valence-electron chi connectivity index (χ0n) is 13.8. The van der Waals surface area contributed by atoms with E-state index in [1.54, 1.807) is 7.11 Å². The maximum absolute atomic E-state index is 5.73. The summed E-state index contributed by atoms with van der Waals surface area (Å²) in [7, 11) is 1.66. The molecule has 0 N–H and O–H groups in total. The summed E-state index contributed by atoms with van der Waals surface area (Å²) >= 11 is 3.42. The van der Waals surface area contributed by atoms with Crippen LogP contribution in [0.2, 0.25) is 0 Å². The van der Waals surface area contributed by atoms with Crippen LogP contribution in [0.25, 0.3) is 0 Å². The predicted octanol–water partition coefficient (Wildman–Crippen LogP) is 5.22. The number of ether oxygens (including phenoxy) is 2. The van der Waals surface area contributed by atoms with E-state index in [0.29, 0.717) is 13.2 Å². The van der Waals surface area contributed by atoms with Crippen molar-refractivity contribution >= 4 is 15.9 Å². The average molecular weight is 385 g/mol. The van der Waals surface area contributed by atoms with Crippen molar-refractivity contribution in [2.75, 3.05) is 13.7 Å². The maximum atomic E-state index is 5.73. The third-order valence-corrected chi connectivity index (χ3v) is 4.06. The van der Waals surface area contributed by atoms with Gasteiger partial charge in [0, 0.05) is 22.6 Å². The lowest BCUT2D eigenvalue weighted by molar-refractivity contribution is 0.115. The normalized spacial score (nSPS) is 11.2. The van der Waals surface area contributed by atoms with E-state index in [1.165, 1.54) is 0 Å². The molecule has 0 heterocycles. The van der Waals surface area contributed by atoms with E-state index >= 15 is 0 Å². The Morgan fingerprint density at radius 1 is 1.12 bits per heavy atom. The molecular weight excluding hydrogens is 364 g/mol. The van der Waals surface area contributed by atoms with Crippen molar-refractivity contribution in [2.24, 2.45) is 5.92 Å². The van der Waals surface area contributed by atoms with Gasteiger partial charge in [0.15, 0.2) is 0 Å². The van der Waals surface area contributed by atoms with Gasteiger partial charge in [-0.2, -0.15) is 0 Å². The van der Waals surface area contributed by atoms with E-state index < -0.39 is 0 Å². The lowest BCUT2D eigenvalue weighted by Gasteiger charge is -2.07. The predicted molar refractivity (Wildman–Crippen MR) is 102 cm³/mol. The van der Waals surface area contributed by atoms with Crippen LogP contribution in [0.4, 0.5) is 0 Å². The first-order valence-electron chi connectivity index (χ1n) is 7.81. The van der Waals surface area contributed by atoms with E-state index in [-0.39, 0.29) is 5.92 Å². The van der Waals surface area contributed by atoms with E-state index in [4.69, 9.17) is 9.47 Å². The summed E-state index contributed by atoms with van der Waals surface area (Å²) in [5.74, 6) is 7.41. The Balaban J connectivity index is 1.77. The molecule has 0 unspecified atom stereocenters. The molecule has 2 nitrogen and oxygen atoms in total. The molecule has 1 atom stereocenters. The number of benzene rings is 2. The SMILES string of the molecule is C=C[C@H](C#Cc1ccc(Br)cc1)CCOCc1ccc(OC)cc1. The van der Waals surface area contributed by atoms with E-state index in [2.05, 4.69) is 34.3 Å². The van der Waals surface area contributed by atoms with Gasteiger partial charge in [-0.25, -0.2) is 0 Å². The Morgan fingerprint density at radius 2 is 1.83 bits per heavy atom. The summed E-state index contributed by atoms with van der Waals surface area (Å²) in [6.45, 7) is 5.11. The Hall–Kier alpha value is -2.02. The van der Waals surface area contributed by atoms with Gasteiger partial charge in [0.1, 0.15) is 5.75 Å². The second kappa shape index (κ2) is 9.97. The van der Waals surface area contributed by atoms with Crippen LogP contribution in [0.1, 0.15) is 17.5 Å². The molecule has 0 saturated carbocycles. The molecule has 2 aromatic rings. The Kier molecular flexibility index (Phi) is 7.61. The van der Waals surface area contributed by atoms with Crippen LogP contribution in [0.3, 0.4) is 0 Å². The monoisotopic (exact) mass is 384 g/mol. The second-order valence-corrected chi connectivity index (χ2v) is 6.22. The van der Waals surface area contributed by atoms with Crippen LogP contribution in [0, 0.1) is 17.8 Å². The lowest BCUT2D eigenvalue weighted by Crippen LogP contribution is -2.01. The molecule has 0 aliphatic rings. The van der Waals surface area contributed by atoms with Crippen molar-refractivity contribution in [3.63, 3.8) is 0 Å². The van der Waals surface area contributed by atoms with Gasteiger partial charge in [0.05, 0.1) is 13.7 Å². The Morgan fingerprint density at radius 3 is 2.46 bits per heavy atom. The smallest absolute Gasteiger partial charge is 0.118 e. The Labute approximate surface area is 152 Å². The molecule has 3 heteroatoms. The van der Waals surface area contributed by atoms with Gasteiger partial charge in [-0.3, -0.25) is 0 Å². The van der Waals surface area contributed by atoms with E-state index in [0.717, 1.165) is 27.8 Å². The third kappa shape index (κ3) is 6.23. The van der Waals surface area contributed by atoms with Crippen molar-refractivity contribution in [2.45, 2.75) is 13.0 Å². The van der Waals surface area contributed by atoms with Crippen LogP contribution in [-0.4, -0.2) is 13.7 Å². The fourth-order valence-electron chi connectivity index (χ4n) is 2.08. The minimum atomic E-state index is 0.129. The number of hydrogen-bond acceptors (Lipinski definition) is 2. The summed E-state index contributed by atoms with van der Waals surface area (Å²) in [6, 6.07) is 15.9. The summed E-state index contributed by atoms with van der Waals surface area (Å²) in [4.78, 5) is 0. The zero-order chi connectivity index (χ0) is 17.2. The number of halogens is 1. The molecule has 0 bridgehead atoms. The van der Waals surface area contributed by atoms with E-state index in [1.807, 2.05) is 54.6 Å². The number of rotatable bonds is 7. The molecular formula is C21H21BrO2. The van der Waals surface area contributed by atoms with Crippen LogP contribution in [-0.2, 0) is 11.3 Å². The summed E-state index contributed by atoms with van der Waals surface area (Å²) in [5.41, 5.74) is 2.14. The van der Waals surface area contributed by atoms with Gasteiger partial charge < -0.3 is 9.47 Å². The highest BCUT2D eigenvalue weighted by Crippen LogP contribution is 2.13.